The molecule has 1 aromatic carbocycles. The molecule has 1 saturated heterocycles. The minimum absolute atomic E-state index is 0.0318. The van der Waals surface area contributed by atoms with Gasteiger partial charge < -0.3 is 18.9 Å². The van der Waals surface area contributed by atoms with E-state index in [0.717, 1.165) is 5.56 Å². The molecule has 12 heteroatoms. The third-order valence-corrected chi connectivity index (χ3v) is 7.86. The van der Waals surface area contributed by atoms with E-state index < -0.39 is 46.4 Å². The standard InChI is InChI=1S/C25H30FN5O5S/c1-16-6-8-17(9-7-16)37(32,33)34-13-25(26)12-19(20-21(25)36-24(2,3)35-20)31-11-10-18-22(29-15-30(4)5)27-14-28-23(18)31/h6-11,14-15,19-21H,12-13H2,1-5H3/t19-,20+,21+,25+/m1/s1. The maximum atomic E-state index is 16.6. The van der Waals surface area contributed by atoms with Gasteiger partial charge >= 0.3 is 0 Å². The summed E-state index contributed by atoms with van der Waals surface area (Å²) in [5.41, 5.74) is -0.661. The van der Waals surface area contributed by atoms with Gasteiger partial charge in [0.05, 0.1) is 22.7 Å². The highest BCUT2D eigenvalue weighted by Gasteiger charge is 2.63. The van der Waals surface area contributed by atoms with Gasteiger partial charge in [0, 0.05) is 26.7 Å². The lowest BCUT2D eigenvalue weighted by Crippen LogP contribution is -2.42. The molecule has 2 fully saturated rings. The summed E-state index contributed by atoms with van der Waals surface area (Å²) in [6, 6.07) is 7.50. The molecule has 5 rings (SSSR count). The van der Waals surface area contributed by atoms with Crippen molar-refractivity contribution in [1.29, 1.82) is 0 Å². The van der Waals surface area contributed by atoms with Gasteiger partial charge in [-0.1, -0.05) is 17.7 Å². The zero-order chi connectivity index (χ0) is 26.6. The van der Waals surface area contributed by atoms with Gasteiger partial charge in [0.15, 0.2) is 17.3 Å². The summed E-state index contributed by atoms with van der Waals surface area (Å²) < 4.78 is 61.3. The molecule has 0 unspecified atom stereocenters. The predicted molar refractivity (Wildman–Crippen MR) is 135 cm³/mol. The molecule has 198 valence electrons. The lowest BCUT2D eigenvalue weighted by molar-refractivity contribution is -0.174. The van der Waals surface area contributed by atoms with Crippen molar-refractivity contribution in [2.45, 2.75) is 61.8 Å². The SMILES string of the molecule is Cc1ccc(S(=O)(=O)OC[C@@]2(F)C[C@@H](n3ccc4c(N=CN(C)C)ncnc43)[C@@H]3OC(C)(C)O[C@@H]32)cc1. The number of hydrogen-bond donors (Lipinski definition) is 0. The number of fused-ring (bicyclic) bond motifs is 2. The topological polar surface area (TPSA) is 108 Å². The number of alkyl halides is 1. The molecule has 1 aliphatic heterocycles. The van der Waals surface area contributed by atoms with Crippen LogP contribution in [0.3, 0.4) is 0 Å². The Balaban J connectivity index is 1.46. The van der Waals surface area contributed by atoms with Crippen LogP contribution in [0.15, 0.2) is 52.7 Å². The van der Waals surface area contributed by atoms with Gasteiger partial charge in [-0.15, -0.1) is 0 Å². The number of ether oxygens (including phenoxy) is 2. The van der Waals surface area contributed by atoms with Gasteiger partial charge in [-0.3, -0.25) is 4.18 Å². The van der Waals surface area contributed by atoms with Gasteiger partial charge in [0.2, 0.25) is 0 Å². The van der Waals surface area contributed by atoms with E-state index in [4.69, 9.17) is 13.7 Å². The number of nitrogens with zero attached hydrogens (tertiary/aromatic N) is 5. The number of benzene rings is 1. The minimum Gasteiger partial charge on any atom is -0.369 e. The van der Waals surface area contributed by atoms with E-state index in [0.29, 0.717) is 16.9 Å². The highest BCUT2D eigenvalue weighted by atomic mass is 32.2. The van der Waals surface area contributed by atoms with Crippen LogP contribution >= 0.6 is 0 Å². The van der Waals surface area contributed by atoms with Crippen LogP contribution in [0, 0.1) is 6.92 Å². The number of rotatable bonds is 7. The van der Waals surface area contributed by atoms with E-state index in [1.54, 1.807) is 43.4 Å². The van der Waals surface area contributed by atoms with E-state index in [2.05, 4.69) is 15.0 Å². The van der Waals surface area contributed by atoms with Crippen molar-refractivity contribution >= 4 is 33.3 Å². The quantitative estimate of drug-likeness (QED) is 0.259. The molecule has 0 radical (unpaired) electrons. The molecule has 1 saturated carbocycles. The summed E-state index contributed by atoms with van der Waals surface area (Å²) in [6.07, 6.45) is 3.02. The van der Waals surface area contributed by atoms with E-state index in [1.807, 2.05) is 31.7 Å². The molecule has 37 heavy (non-hydrogen) atoms. The summed E-state index contributed by atoms with van der Waals surface area (Å²) in [4.78, 5) is 14.8. The van der Waals surface area contributed by atoms with Crippen LogP contribution in [0.1, 0.15) is 31.9 Å². The highest BCUT2D eigenvalue weighted by Crippen LogP contribution is 2.51. The van der Waals surface area contributed by atoms with E-state index in [1.165, 1.54) is 18.5 Å². The van der Waals surface area contributed by atoms with E-state index in [9.17, 15) is 8.42 Å². The van der Waals surface area contributed by atoms with Crippen LogP contribution in [0.5, 0.6) is 0 Å². The Hall–Kier alpha value is -2.93. The summed E-state index contributed by atoms with van der Waals surface area (Å²) in [5, 5.41) is 0.699. The van der Waals surface area contributed by atoms with Crippen molar-refractivity contribution in [3.63, 3.8) is 0 Å². The maximum Gasteiger partial charge on any atom is 0.297 e. The molecule has 4 atom stereocenters. The maximum absolute atomic E-state index is 16.6. The Labute approximate surface area is 215 Å². The minimum atomic E-state index is -4.17. The molecule has 3 aromatic rings. The first kappa shape index (κ1) is 25.7. The Morgan fingerprint density at radius 2 is 1.95 bits per heavy atom. The molecule has 0 amide bonds. The Morgan fingerprint density at radius 1 is 1.22 bits per heavy atom. The summed E-state index contributed by atoms with van der Waals surface area (Å²) >= 11 is 0. The summed E-state index contributed by atoms with van der Waals surface area (Å²) in [7, 11) is -0.461. The van der Waals surface area contributed by atoms with Crippen LogP contribution in [0.25, 0.3) is 11.0 Å². The van der Waals surface area contributed by atoms with Crippen molar-refractivity contribution in [3.05, 3.63) is 48.4 Å². The van der Waals surface area contributed by atoms with Gasteiger partial charge in [0.1, 0.15) is 30.8 Å². The second-order valence-corrected chi connectivity index (χ2v) is 11.8. The normalized spacial score (nSPS) is 27.2. The fourth-order valence-corrected chi connectivity index (χ4v) is 5.85. The average molecular weight is 532 g/mol. The Bertz CT molecular complexity index is 1440. The van der Waals surface area contributed by atoms with E-state index >= 15 is 4.39 Å². The zero-order valence-electron chi connectivity index (χ0n) is 21.3. The first-order chi connectivity index (χ1) is 17.4. The fourth-order valence-electron chi connectivity index (χ4n) is 4.89. The van der Waals surface area contributed by atoms with Gasteiger partial charge in [0.25, 0.3) is 10.1 Å². The molecular weight excluding hydrogens is 501 g/mol. The van der Waals surface area contributed by atoms with Crippen LogP contribution in [-0.4, -0.2) is 78.6 Å². The van der Waals surface area contributed by atoms with Crippen LogP contribution in [0.2, 0.25) is 0 Å². The van der Waals surface area contributed by atoms with Crippen molar-refractivity contribution in [3.8, 4) is 0 Å². The second kappa shape index (κ2) is 9.12. The van der Waals surface area contributed by atoms with Crippen molar-refractivity contribution < 1.29 is 26.5 Å². The molecule has 10 nitrogen and oxygen atoms in total. The highest BCUT2D eigenvalue weighted by molar-refractivity contribution is 7.86. The van der Waals surface area contributed by atoms with Crippen LogP contribution in [0.4, 0.5) is 10.2 Å². The number of aliphatic imine (C=N–C) groups is 1. The third kappa shape index (κ3) is 4.86. The Kier molecular flexibility index (Phi) is 6.34. The lowest BCUT2D eigenvalue weighted by atomic mass is 10.0. The summed E-state index contributed by atoms with van der Waals surface area (Å²) in [5.74, 6) is -0.574. The van der Waals surface area contributed by atoms with Crippen molar-refractivity contribution in [1.82, 2.24) is 19.4 Å². The monoisotopic (exact) mass is 531 g/mol. The van der Waals surface area contributed by atoms with E-state index in [-0.39, 0.29) is 11.3 Å². The predicted octanol–water partition coefficient (Wildman–Crippen LogP) is 3.54. The largest absolute Gasteiger partial charge is 0.369 e. The first-order valence-corrected chi connectivity index (χ1v) is 13.3. The van der Waals surface area contributed by atoms with Crippen molar-refractivity contribution in [2.24, 2.45) is 4.99 Å². The average Bonchev–Trinajstić information content (AvgIpc) is 3.48. The fraction of sp³-hybridized carbons (Fsp3) is 0.480. The van der Waals surface area contributed by atoms with Gasteiger partial charge in [-0.05, 0) is 39.0 Å². The molecule has 0 bridgehead atoms. The molecule has 3 heterocycles. The molecule has 1 aliphatic carbocycles. The smallest absolute Gasteiger partial charge is 0.297 e. The molecule has 0 spiro atoms. The molecular formula is C25H30FN5O5S. The molecule has 0 N–H and O–H groups in total. The summed E-state index contributed by atoms with van der Waals surface area (Å²) in [6.45, 7) is 4.56. The number of hydrogen-bond acceptors (Lipinski definition) is 8. The van der Waals surface area contributed by atoms with Gasteiger partial charge in [-0.25, -0.2) is 19.4 Å². The molecule has 2 aromatic heterocycles. The van der Waals surface area contributed by atoms with Crippen LogP contribution < -0.4 is 0 Å². The lowest BCUT2D eigenvalue weighted by Gasteiger charge is -2.28. The number of halogens is 1. The number of aromatic nitrogens is 3. The number of aryl methyl sites for hydroxylation is 1. The zero-order valence-corrected chi connectivity index (χ0v) is 22.1. The van der Waals surface area contributed by atoms with Crippen molar-refractivity contribution in [2.75, 3.05) is 20.7 Å². The van der Waals surface area contributed by atoms with Gasteiger partial charge in [-0.2, -0.15) is 8.42 Å². The Morgan fingerprint density at radius 3 is 2.65 bits per heavy atom. The molecule has 2 aliphatic rings. The second-order valence-electron chi connectivity index (χ2n) is 10.2. The van der Waals surface area contributed by atoms with Crippen LogP contribution in [-0.2, 0) is 23.8 Å². The first-order valence-electron chi connectivity index (χ1n) is 11.9. The third-order valence-electron chi connectivity index (χ3n) is 6.59.